The first kappa shape index (κ1) is 13.8. The van der Waals surface area contributed by atoms with E-state index in [1.807, 2.05) is 0 Å². The third-order valence-electron chi connectivity index (χ3n) is 2.98. The molecule has 0 bridgehead atoms. The van der Waals surface area contributed by atoms with E-state index in [0.29, 0.717) is 19.0 Å². The van der Waals surface area contributed by atoms with Crippen molar-refractivity contribution in [2.75, 3.05) is 26.4 Å². The number of benzene rings is 1. The van der Waals surface area contributed by atoms with Gasteiger partial charge in [-0.1, -0.05) is 0 Å². The highest BCUT2D eigenvalue weighted by molar-refractivity contribution is 5.87. The summed E-state index contributed by atoms with van der Waals surface area (Å²) in [7, 11) is 0. The van der Waals surface area contributed by atoms with Crippen molar-refractivity contribution in [1.82, 2.24) is 0 Å². The van der Waals surface area contributed by atoms with Crippen LogP contribution in [0, 0.1) is 0 Å². The first-order chi connectivity index (χ1) is 9.25. The van der Waals surface area contributed by atoms with Gasteiger partial charge >= 0.3 is 5.97 Å². The molecule has 1 N–H and O–H groups in total. The van der Waals surface area contributed by atoms with Crippen LogP contribution in [0.2, 0.25) is 0 Å². The summed E-state index contributed by atoms with van der Waals surface area (Å²) in [6, 6.07) is 6.35. The quantitative estimate of drug-likeness (QED) is 0.797. The lowest BCUT2D eigenvalue weighted by atomic mass is 10.2. The summed E-state index contributed by atoms with van der Waals surface area (Å²) in [6.45, 7) is 2.53. The Morgan fingerprint density at radius 3 is 2.53 bits per heavy atom. The SMILES string of the molecule is O=C(O)c1ccc(OCCOC2CCOCC2)cc1. The van der Waals surface area contributed by atoms with E-state index in [1.165, 1.54) is 12.1 Å². The van der Waals surface area contributed by atoms with Crippen molar-refractivity contribution < 1.29 is 24.1 Å². The lowest BCUT2D eigenvalue weighted by Crippen LogP contribution is -2.25. The topological polar surface area (TPSA) is 65.0 Å². The van der Waals surface area contributed by atoms with Crippen molar-refractivity contribution >= 4 is 5.97 Å². The van der Waals surface area contributed by atoms with Crippen LogP contribution in [0.4, 0.5) is 0 Å². The Labute approximate surface area is 112 Å². The zero-order valence-corrected chi connectivity index (χ0v) is 10.7. The normalized spacial score (nSPS) is 16.2. The molecular weight excluding hydrogens is 248 g/mol. The van der Waals surface area contributed by atoms with Gasteiger partial charge in [-0.2, -0.15) is 0 Å². The average molecular weight is 266 g/mol. The summed E-state index contributed by atoms with van der Waals surface area (Å²) in [6.07, 6.45) is 2.15. The highest BCUT2D eigenvalue weighted by atomic mass is 16.5. The minimum absolute atomic E-state index is 0.255. The van der Waals surface area contributed by atoms with Crippen molar-refractivity contribution in [3.05, 3.63) is 29.8 Å². The van der Waals surface area contributed by atoms with Crippen LogP contribution in [-0.4, -0.2) is 43.6 Å². The summed E-state index contributed by atoms with van der Waals surface area (Å²) in [4.78, 5) is 10.7. The Hall–Kier alpha value is -1.59. The molecule has 0 aliphatic carbocycles. The van der Waals surface area contributed by atoms with Crippen molar-refractivity contribution in [3.8, 4) is 5.75 Å². The van der Waals surface area contributed by atoms with Gasteiger partial charge in [-0.3, -0.25) is 0 Å². The fourth-order valence-electron chi connectivity index (χ4n) is 1.91. The first-order valence-electron chi connectivity index (χ1n) is 6.41. The van der Waals surface area contributed by atoms with Crippen LogP contribution in [-0.2, 0) is 9.47 Å². The third kappa shape index (κ3) is 4.54. The summed E-state index contributed by atoms with van der Waals surface area (Å²) >= 11 is 0. The Bertz CT molecular complexity index is 395. The molecular formula is C14H18O5. The van der Waals surface area contributed by atoms with Crippen LogP contribution in [0.1, 0.15) is 23.2 Å². The number of rotatable bonds is 6. The summed E-state index contributed by atoms with van der Waals surface area (Å²) in [5.74, 6) is -0.282. The Morgan fingerprint density at radius 2 is 1.89 bits per heavy atom. The van der Waals surface area contributed by atoms with Gasteiger partial charge in [0.2, 0.25) is 0 Å². The Balaban J connectivity index is 1.66. The molecule has 1 saturated heterocycles. The van der Waals surface area contributed by atoms with Gasteiger partial charge in [0.05, 0.1) is 18.3 Å². The van der Waals surface area contributed by atoms with E-state index in [1.54, 1.807) is 12.1 Å². The van der Waals surface area contributed by atoms with Crippen LogP contribution in [0.25, 0.3) is 0 Å². The van der Waals surface area contributed by atoms with Gasteiger partial charge in [0.15, 0.2) is 0 Å². The molecule has 0 spiro atoms. The highest BCUT2D eigenvalue weighted by Gasteiger charge is 2.13. The molecule has 2 rings (SSSR count). The lowest BCUT2D eigenvalue weighted by Gasteiger charge is -2.22. The first-order valence-corrected chi connectivity index (χ1v) is 6.41. The molecule has 104 valence electrons. The molecule has 0 amide bonds. The fraction of sp³-hybridized carbons (Fsp3) is 0.500. The van der Waals surface area contributed by atoms with E-state index in [0.717, 1.165) is 26.1 Å². The molecule has 1 aliphatic heterocycles. The molecule has 0 atom stereocenters. The number of ether oxygens (including phenoxy) is 3. The van der Waals surface area contributed by atoms with Gasteiger partial charge < -0.3 is 19.3 Å². The lowest BCUT2D eigenvalue weighted by molar-refractivity contribution is -0.0388. The predicted molar refractivity (Wildman–Crippen MR) is 68.7 cm³/mol. The van der Waals surface area contributed by atoms with Crippen molar-refractivity contribution in [3.63, 3.8) is 0 Å². The van der Waals surface area contributed by atoms with Gasteiger partial charge in [0.25, 0.3) is 0 Å². The maximum absolute atomic E-state index is 10.7. The monoisotopic (exact) mass is 266 g/mol. The maximum Gasteiger partial charge on any atom is 0.335 e. The zero-order valence-electron chi connectivity index (χ0n) is 10.7. The zero-order chi connectivity index (χ0) is 13.5. The van der Waals surface area contributed by atoms with E-state index >= 15 is 0 Å². The van der Waals surface area contributed by atoms with Gasteiger partial charge in [0, 0.05) is 13.2 Å². The Morgan fingerprint density at radius 1 is 1.21 bits per heavy atom. The number of carboxylic acid groups (broad SMARTS) is 1. The number of aromatic carboxylic acids is 1. The summed E-state index contributed by atoms with van der Waals surface area (Å²) < 4.78 is 16.4. The minimum Gasteiger partial charge on any atom is -0.491 e. The fourth-order valence-corrected chi connectivity index (χ4v) is 1.91. The maximum atomic E-state index is 10.7. The molecule has 19 heavy (non-hydrogen) atoms. The molecule has 0 radical (unpaired) electrons. The smallest absolute Gasteiger partial charge is 0.335 e. The van der Waals surface area contributed by atoms with Crippen molar-refractivity contribution in [2.45, 2.75) is 18.9 Å². The average Bonchev–Trinajstić information content (AvgIpc) is 2.45. The summed E-state index contributed by atoms with van der Waals surface area (Å²) in [5.41, 5.74) is 0.255. The minimum atomic E-state index is -0.936. The van der Waals surface area contributed by atoms with Gasteiger partial charge in [-0.15, -0.1) is 0 Å². The summed E-state index contributed by atoms with van der Waals surface area (Å²) in [5, 5.41) is 8.76. The van der Waals surface area contributed by atoms with E-state index in [2.05, 4.69) is 0 Å². The largest absolute Gasteiger partial charge is 0.491 e. The van der Waals surface area contributed by atoms with E-state index in [9.17, 15) is 4.79 Å². The molecule has 5 heteroatoms. The molecule has 0 saturated carbocycles. The number of hydrogen-bond donors (Lipinski definition) is 1. The van der Waals surface area contributed by atoms with E-state index in [4.69, 9.17) is 19.3 Å². The Kier molecular flexibility index (Phi) is 5.18. The molecule has 1 aromatic rings. The van der Waals surface area contributed by atoms with Gasteiger partial charge in [-0.25, -0.2) is 4.79 Å². The van der Waals surface area contributed by atoms with E-state index < -0.39 is 5.97 Å². The number of carbonyl (C=O) groups is 1. The molecule has 1 heterocycles. The highest BCUT2D eigenvalue weighted by Crippen LogP contribution is 2.13. The molecule has 0 unspecified atom stereocenters. The molecule has 5 nitrogen and oxygen atoms in total. The van der Waals surface area contributed by atoms with Crippen LogP contribution in [0.15, 0.2) is 24.3 Å². The molecule has 0 aromatic heterocycles. The number of hydrogen-bond acceptors (Lipinski definition) is 4. The second-order valence-corrected chi connectivity index (χ2v) is 4.36. The standard InChI is InChI=1S/C14H18O5/c15-14(16)11-1-3-12(4-2-11)18-9-10-19-13-5-7-17-8-6-13/h1-4,13H,5-10H2,(H,15,16). The van der Waals surface area contributed by atoms with E-state index in [-0.39, 0.29) is 11.7 Å². The second-order valence-electron chi connectivity index (χ2n) is 4.36. The predicted octanol–water partition coefficient (Wildman–Crippen LogP) is 1.96. The van der Waals surface area contributed by atoms with Crippen LogP contribution < -0.4 is 4.74 Å². The second kappa shape index (κ2) is 7.11. The van der Waals surface area contributed by atoms with Gasteiger partial charge in [0.1, 0.15) is 12.4 Å². The van der Waals surface area contributed by atoms with Crippen molar-refractivity contribution in [2.24, 2.45) is 0 Å². The van der Waals surface area contributed by atoms with Crippen LogP contribution in [0.5, 0.6) is 5.75 Å². The van der Waals surface area contributed by atoms with Crippen LogP contribution >= 0.6 is 0 Å². The number of carboxylic acids is 1. The van der Waals surface area contributed by atoms with Gasteiger partial charge in [-0.05, 0) is 37.1 Å². The molecule has 1 aliphatic rings. The third-order valence-corrected chi connectivity index (χ3v) is 2.98. The molecule has 1 aromatic carbocycles. The molecule has 1 fully saturated rings. The van der Waals surface area contributed by atoms with Crippen molar-refractivity contribution in [1.29, 1.82) is 0 Å². The van der Waals surface area contributed by atoms with Crippen LogP contribution in [0.3, 0.4) is 0 Å².